The molecule has 0 saturated heterocycles. The molecule has 0 bridgehead atoms. The van der Waals surface area contributed by atoms with E-state index in [-0.39, 0.29) is 118 Å². The number of fused-ring (bicyclic) bond motifs is 1. The van der Waals surface area contributed by atoms with Gasteiger partial charge in [0.15, 0.2) is 11.5 Å². The number of rotatable bonds is 11. The summed E-state index contributed by atoms with van der Waals surface area (Å²) in [5.41, 5.74) is 3.24. The van der Waals surface area contributed by atoms with E-state index in [0.717, 1.165) is 27.7 Å². The van der Waals surface area contributed by atoms with Crippen LogP contribution in [-0.2, 0) is 9.47 Å². The van der Waals surface area contributed by atoms with Gasteiger partial charge < -0.3 is 23.8 Å². The first kappa shape index (κ1) is 24.0. The molecule has 342 valence electrons. The fourth-order valence-corrected chi connectivity index (χ4v) is 3.76. The molecule has 0 fully saturated rings. The highest BCUT2D eigenvalue weighted by atomic mass is 16.6. The van der Waals surface area contributed by atoms with Gasteiger partial charge in [-0.25, -0.2) is 9.97 Å². The van der Waals surface area contributed by atoms with Gasteiger partial charge in [-0.1, -0.05) is 12.0 Å². The van der Waals surface area contributed by atoms with E-state index < -0.39 is 0 Å². The Labute approximate surface area is 332 Å². The Bertz CT molecular complexity index is 1390. The average Bonchev–Trinajstić information content (AvgIpc) is 2.96. The Morgan fingerprint density at radius 2 is 1.95 bits per heavy atom. The number of hydrogen-bond donors (Lipinski definition) is 0. The molecular formula is C30H183N3O4. The zero-order valence-electron chi connectivity index (χ0n) is 28.2. The maximum Gasteiger partial charge on any atom is 0.163 e. The van der Waals surface area contributed by atoms with Crippen molar-refractivity contribution in [3.63, 3.8) is 0 Å². The van der Waals surface area contributed by atoms with Crippen LogP contribution in [0.1, 0.15) is 160 Å². The number of aryl methyl sites for hydroxylation is 1. The van der Waals surface area contributed by atoms with Crippen LogP contribution in [0.3, 0.4) is 0 Å². The highest BCUT2D eigenvalue weighted by Gasteiger charge is 2.19. The van der Waals surface area contributed by atoms with Crippen molar-refractivity contribution in [2.75, 3.05) is 31.8 Å². The lowest BCUT2D eigenvalue weighted by molar-refractivity contribution is -0.0170. The van der Waals surface area contributed by atoms with Crippen LogP contribution in [0, 0.1) is 19.2 Å². The highest BCUT2D eigenvalue weighted by molar-refractivity contribution is 5.94. The van der Waals surface area contributed by atoms with Crippen LogP contribution >= 0.6 is 0 Å². The van der Waals surface area contributed by atoms with Crippen LogP contribution < -0.4 is 14.4 Å². The Hall–Kier alpha value is -3.34. The van der Waals surface area contributed by atoms with Gasteiger partial charge >= 0.3 is 0 Å². The summed E-state index contributed by atoms with van der Waals surface area (Å²) in [6.07, 6.45) is 3.70. The molecule has 2 aromatic carbocycles. The fraction of sp³-hybridized carbons (Fsp3) is 0.467. The molecule has 3 rings (SSSR count). The number of aromatic nitrogens is 2. The molecule has 37 heavy (non-hydrogen) atoms. The van der Waals surface area contributed by atoms with Crippen molar-refractivity contribution in [1.29, 1.82) is 0 Å². The second-order valence-corrected chi connectivity index (χ2v) is 10.3. The van der Waals surface area contributed by atoms with E-state index in [2.05, 4.69) is 22.3 Å². The number of benzene rings is 2. The van der Waals surface area contributed by atoms with E-state index in [4.69, 9.17) is 26.3 Å². The summed E-state index contributed by atoms with van der Waals surface area (Å²) in [5, 5.41) is 0.816. The van der Waals surface area contributed by atoms with Crippen LogP contribution in [0.25, 0.3) is 10.9 Å². The van der Waals surface area contributed by atoms with E-state index in [0.29, 0.717) is 37.1 Å². The summed E-state index contributed by atoms with van der Waals surface area (Å²) in [5.74, 6) is 4.70. The van der Waals surface area contributed by atoms with Gasteiger partial charge in [-0.15, -0.1) is 6.40 Å². The van der Waals surface area contributed by atoms with Crippen molar-refractivity contribution >= 4 is 22.4 Å². The normalized spacial score (nSPS) is 13.1. The number of ether oxygens (including phenoxy) is 4. The molecule has 0 amide bonds. The van der Waals surface area contributed by atoms with Crippen LogP contribution in [0.5, 0.6) is 11.5 Å². The second-order valence-electron chi connectivity index (χ2n) is 10.3. The Morgan fingerprint density at radius 3 is 2.65 bits per heavy atom. The molecule has 1 atom stereocenters. The van der Waals surface area contributed by atoms with E-state index in [1.165, 1.54) is 0 Å². The first-order valence-electron chi connectivity index (χ1n) is 15.1. The number of anilines is 2. The van der Waals surface area contributed by atoms with E-state index in [1.807, 2.05) is 90.7 Å². The lowest BCUT2D eigenvalue weighted by atomic mass is 10.1. The smallest absolute Gasteiger partial charge is 0.163 e. The molecule has 0 N–H and O–H groups in total. The summed E-state index contributed by atoms with van der Waals surface area (Å²) < 4.78 is 51.3. The molecule has 0 radical (unpaired) electrons. The standard InChI is InChI=1S/C30H39N3O4.72H2/c1-10-23-12-11-21(4)26(15-23)33(9)29-24-16-27(34-13-14-36-30(6,7)8)28(17-25(24)31-19-32-29)37-22(5)18-35-20(2)3;;;;;;;;;;;;;;;;;;;;;;;;;;;;;;;;;;;;;;;;;;;;;;;;;;;;;;;;;;;;;;;;;;;;;;;;/h1,11-12,15-17,19-20,22H,13-14,18H2,2-9H3;72*1H/i1D;2*1+1D;;;;;;;;;;;;;;;;;;;;;;;;;;;;;;;;;;;;;;;;;;;;;;;;;;;;;;;;;;;;;;;;;;;;;;. The zero-order chi connectivity index (χ0) is 31.9. The maximum absolute atomic E-state index is 7.25. The van der Waals surface area contributed by atoms with Gasteiger partial charge in [0.1, 0.15) is 26.2 Å². The molecule has 0 aliphatic carbocycles. The molecule has 0 aliphatic rings. The predicted molar refractivity (Wildman–Crippen MR) is 301 cm³/mol. The third kappa shape index (κ3) is 7.82. The molecule has 1 heterocycles. The average molecular weight is 656 g/mol. The predicted octanol–water partition coefficient (Wildman–Crippen LogP) is 23.8. The van der Waals surface area contributed by atoms with Crippen LogP contribution in [-0.4, -0.2) is 54.6 Å². The minimum Gasteiger partial charge on any atom is -0.487 e. The number of terminal acetylenes is 1. The third-order valence-electron chi connectivity index (χ3n) is 5.58. The van der Waals surface area contributed by atoms with E-state index in [1.54, 1.807) is 6.33 Å². The first-order chi connectivity index (χ1) is 20.0. The van der Waals surface area contributed by atoms with Gasteiger partial charge in [-0.05, 0) is 72.2 Å². The quantitative estimate of drug-likeness (QED) is 0.150. The summed E-state index contributed by atoms with van der Waals surface area (Å²) in [7, 11) is 1.95. The summed E-state index contributed by atoms with van der Waals surface area (Å²) in [6, 6.07) is 9.66. The fourth-order valence-electron chi connectivity index (χ4n) is 3.76. The Kier molecular flexibility index (Phi) is 7.96. The SMILES string of the molecule is [2H]C#Cc1ccc(C)c(N(C)c2ncnc3cc(OC(C)COC(C)C)c(OCCOC(C)(C)C)cc23)c1.[2H][2H].[2H][2H].[HH].[HH].[HH].[HH].[HH].[HH].[HH].[HH].[HH].[HH].[HH].[HH].[HH].[HH].[HH].[HH].[HH].[HH].[HH].[HH].[HH].[HH].[HH].[HH].[HH].[HH].[HH].[HH].[HH].[HH].[HH].[HH].[HH].[HH].[HH].[HH].[HH].[HH].[HH].[HH].[HH].[HH].[HH].[HH].[HH].[HH].[HH].[HH].[HH].[HH].[HH].[HH].[HH].[HH].[HH].[HH].[HH].[HH].[HH].[HH].[HH].[HH].[HH].[HH].[HH].[HH].[HH].[HH].[HH].[HH]. The van der Waals surface area contributed by atoms with Gasteiger partial charge in [-0.2, -0.15) is 0 Å². The maximum atomic E-state index is 7.25. The summed E-state index contributed by atoms with van der Waals surface area (Å²) >= 11 is 0. The summed E-state index contributed by atoms with van der Waals surface area (Å²) in [6.45, 7) is 15.3. The third-order valence-corrected chi connectivity index (χ3v) is 5.58. The molecular weight excluding hydrogens is 466 g/mol. The molecule has 1 aromatic heterocycles. The van der Waals surface area contributed by atoms with Crippen LogP contribution in [0.15, 0.2) is 36.7 Å². The minimum absolute atomic E-state index is 0. The monoisotopic (exact) mass is 655 g/mol. The number of hydrogen-bond acceptors (Lipinski definition) is 7. The lowest BCUT2D eigenvalue weighted by Crippen LogP contribution is -2.23. The van der Waals surface area contributed by atoms with Gasteiger partial charge in [0.05, 0.1) is 30.4 Å². The number of nitrogens with zero attached hydrogens (tertiary/aromatic N) is 3. The van der Waals surface area contributed by atoms with Crippen molar-refractivity contribution in [2.24, 2.45) is 0 Å². The zero-order valence-corrected chi connectivity index (χ0v) is 23.2. The van der Waals surface area contributed by atoms with Crippen molar-refractivity contribution in [2.45, 2.75) is 66.3 Å². The molecule has 3 aromatic rings. The Balaban J connectivity index is -0.00000000345. The molecule has 7 heteroatoms. The topological polar surface area (TPSA) is 65.9 Å². The molecule has 7 nitrogen and oxygen atoms in total. The van der Waals surface area contributed by atoms with Gasteiger partial charge in [-0.3, -0.25) is 0 Å². The van der Waals surface area contributed by atoms with Crippen molar-refractivity contribution in [3.05, 3.63) is 47.8 Å². The van der Waals surface area contributed by atoms with Crippen molar-refractivity contribution in [1.82, 2.24) is 9.97 Å². The second kappa shape index (κ2) is 12.3. The lowest BCUT2D eigenvalue weighted by Gasteiger charge is -2.24. The van der Waals surface area contributed by atoms with Crippen molar-refractivity contribution < 1.29 is 126 Å². The first-order valence-corrected chi connectivity index (χ1v) is 12.6. The molecule has 0 saturated carbocycles. The molecule has 0 spiro atoms. The van der Waals surface area contributed by atoms with Gasteiger partial charge in [0, 0.05) is 136 Å². The van der Waals surface area contributed by atoms with E-state index >= 15 is 0 Å². The van der Waals surface area contributed by atoms with Gasteiger partial charge in [0.25, 0.3) is 0 Å². The van der Waals surface area contributed by atoms with Gasteiger partial charge in [0.2, 0.25) is 0 Å². The minimum atomic E-state index is -0.255. The van der Waals surface area contributed by atoms with Crippen LogP contribution in [0.4, 0.5) is 11.5 Å². The summed E-state index contributed by atoms with van der Waals surface area (Å²) in [4.78, 5) is 11.1. The molecule has 0 aliphatic heterocycles. The Morgan fingerprint density at radius 1 is 1.16 bits per heavy atom. The van der Waals surface area contributed by atoms with E-state index in [9.17, 15) is 0 Å². The van der Waals surface area contributed by atoms with Crippen molar-refractivity contribution in [3.8, 4) is 23.8 Å². The van der Waals surface area contributed by atoms with Crippen LogP contribution in [0.2, 0.25) is 0 Å². The highest BCUT2D eigenvalue weighted by Crippen LogP contribution is 2.38. The largest absolute Gasteiger partial charge is 0.487 e. The molecule has 1 unspecified atom stereocenters.